The van der Waals surface area contributed by atoms with Gasteiger partial charge in [-0.05, 0) is 13.0 Å². The Morgan fingerprint density at radius 1 is 1.38 bits per heavy atom. The van der Waals surface area contributed by atoms with Crippen molar-refractivity contribution in [2.75, 3.05) is 12.8 Å². The third kappa shape index (κ3) is 2.95. The molecule has 0 aliphatic rings. The number of nitrogens with zero attached hydrogens (tertiary/aromatic N) is 1. The van der Waals surface area contributed by atoms with Gasteiger partial charge in [0.05, 0.1) is 5.71 Å². The van der Waals surface area contributed by atoms with Gasteiger partial charge in [0.15, 0.2) is 0 Å². The minimum Gasteiger partial charge on any atom is -0.399 e. The van der Waals surface area contributed by atoms with Crippen LogP contribution in [-0.4, -0.2) is 12.8 Å². The van der Waals surface area contributed by atoms with Crippen molar-refractivity contribution < 1.29 is 4.84 Å². The van der Waals surface area contributed by atoms with Crippen molar-refractivity contribution in [2.24, 2.45) is 5.16 Å². The van der Waals surface area contributed by atoms with Gasteiger partial charge in [-0.25, -0.2) is 0 Å². The van der Waals surface area contributed by atoms with Crippen molar-refractivity contribution in [3.05, 3.63) is 29.8 Å². The summed E-state index contributed by atoms with van der Waals surface area (Å²) in [5.74, 6) is 0. The number of para-hydroxylation sites is 1. The smallest absolute Gasteiger partial charge is 0.106 e. The molecule has 0 spiro atoms. The van der Waals surface area contributed by atoms with Gasteiger partial charge in [0, 0.05) is 11.3 Å². The number of benzene rings is 1. The van der Waals surface area contributed by atoms with E-state index >= 15 is 0 Å². The molecule has 0 saturated heterocycles. The number of nitrogen functional groups attached to an aromatic ring is 1. The molecule has 4 heteroatoms. The van der Waals surface area contributed by atoms with Crippen LogP contribution in [0.1, 0.15) is 12.5 Å². The Morgan fingerprint density at radius 2 is 2.00 bits per heavy atom. The Labute approximate surface area is 84.0 Å². The van der Waals surface area contributed by atoms with Crippen LogP contribution in [0.15, 0.2) is 29.4 Å². The number of anilines is 1. The standard InChI is InChI=1S/C9H12N2O.ClH/c1-7(11-12-2)8-5-3-4-6-9(8)10;/h3-6H,10H2,1-2H3;1H/b11-7+;. The van der Waals surface area contributed by atoms with E-state index in [-0.39, 0.29) is 12.4 Å². The fraction of sp³-hybridized carbons (Fsp3) is 0.222. The number of halogens is 1. The first-order valence-electron chi connectivity index (χ1n) is 3.68. The van der Waals surface area contributed by atoms with Gasteiger partial charge in [-0.15, -0.1) is 12.4 Å². The molecule has 2 N–H and O–H groups in total. The normalized spacial score (nSPS) is 10.5. The first-order valence-corrected chi connectivity index (χ1v) is 3.68. The van der Waals surface area contributed by atoms with Crippen LogP contribution in [-0.2, 0) is 4.84 Å². The van der Waals surface area contributed by atoms with E-state index in [1.54, 1.807) is 0 Å². The molecular weight excluding hydrogens is 188 g/mol. The van der Waals surface area contributed by atoms with E-state index in [0.717, 1.165) is 17.0 Å². The van der Waals surface area contributed by atoms with Crippen LogP contribution in [0, 0.1) is 0 Å². The molecule has 0 amide bonds. The van der Waals surface area contributed by atoms with Crippen molar-refractivity contribution >= 4 is 23.8 Å². The predicted molar refractivity (Wildman–Crippen MR) is 57.3 cm³/mol. The first kappa shape index (κ1) is 11.8. The van der Waals surface area contributed by atoms with Gasteiger partial charge in [0.2, 0.25) is 0 Å². The van der Waals surface area contributed by atoms with Gasteiger partial charge in [0.1, 0.15) is 7.11 Å². The quantitative estimate of drug-likeness (QED) is 0.451. The van der Waals surface area contributed by atoms with Gasteiger partial charge >= 0.3 is 0 Å². The fourth-order valence-corrected chi connectivity index (χ4v) is 1.01. The molecule has 0 aliphatic heterocycles. The number of hydrogen-bond donors (Lipinski definition) is 1. The zero-order valence-electron chi connectivity index (χ0n) is 7.65. The largest absolute Gasteiger partial charge is 0.399 e. The summed E-state index contributed by atoms with van der Waals surface area (Å²) in [6, 6.07) is 7.55. The van der Waals surface area contributed by atoms with Gasteiger partial charge in [0.25, 0.3) is 0 Å². The molecule has 1 aromatic rings. The second kappa shape index (κ2) is 5.43. The minimum absolute atomic E-state index is 0. The first-order chi connectivity index (χ1) is 5.75. The van der Waals surface area contributed by atoms with E-state index in [2.05, 4.69) is 9.99 Å². The van der Waals surface area contributed by atoms with Gasteiger partial charge in [-0.1, -0.05) is 23.4 Å². The van der Waals surface area contributed by atoms with Crippen molar-refractivity contribution in [3.63, 3.8) is 0 Å². The van der Waals surface area contributed by atoms with Crippen LogP contribution < -0.4 is 5.73 Å². The van der Waals surface area contributed by atoms with Crippen LogP contribution >= 0.6 is 12.4 Å². The highest BCUT2D eigenvalue weighted by molar-refractivity contribution is 6.02. The molecule has 72 valence electrons. The Balaban J connectivity index is 0.00000144. The van der Waals surface area contributed by atoms with E-state index < -0.39 is 0 Å². The third-order valence-electron chi connectivity index (χ3n) is 1.58. The molecule has 13 heavy (non-hydrogen) atoms. The summed E-state index contributed by atoms with van der Waals surface area (Å²) in [6.45, 7) is 1.86. The summed E-state index contributed by atoms with van der Waals surface area (Å²) >= 11 is 0. The highest BCUT2D eigenvalue weighted by Crippen LogP contribution is 2.11. The molecule has 0 aliphatic carbocycles. The summed E-state index contributed by atoms with van der Waals surface area (Å²) in [4.78, 5) is 4.65. The molecule has 0 saturated carbocycles. The molecule has 3 nitrogen and oxygen atoms in total. The van der Waals surface area contributed by atoms with Crippen LogP contribution in [0.25, 0.3) is 0 Å². The fourth-order valence-electron chi connectivity index (χ4n) is 1.01. The molecule has 0 radical (unpaired) electrons. The van der Waals surface area contributed by atoms with Gasteiger partial charge in [-0.3, -0.25) is 0 Å². The lowest BCUT2D eigenvalue weighted by Crippen LogP contribution is -2.00. The van der Waals surface area contributed by atoms with Crippen LogP contribution in [0.4, 0.5) is 5.69 Å². The maximum atomic E-state index is 5.72. The Bertz CT molecular complexity index is 299. The Kier molecular flexibility index (Phi) is 4.92. The van der Waals surface area contributed by atoms with E-state index in [1.807, 2.05) is 31.2 Å². The summed E-state index contributed by atoms with van der Waals surface area (Å²) in [6.07, 6.45) is 0. The number of nitrogens with two attached hydrogens (primary N) is 1. The topological polar surface area (TPSA) is 47.6 Å². The van der Waals surface area contributed by atoms with E-state index in [0.29, 0.717) is 0 Å². The SMILES string of the molecule is CO/N=C(\C)c1ccccc1N.Cl. The molecule has 0 fully saturated rings. The summed E-state index contributed by atoms with van der Waals surface area (Å²) in [5, 5.41) is 3.79. The molecule has 0 aromatic heterocycles. The van der Waals surface area contributed by atoms with Crippen molar-refractivity contribution in [1.29, 1.82) is 0 Å². The average Bonchev–Trinajstić information content (AvgIpc) is 2.05. The summed E-state index contributed by atoms with van der Waals surface area (Å²) in [5.41, 5.74) is 8.14. The Morgan fingerprint density at radius 3 is 2.54 bits per heavy atom. The lowest BCUT2D eigenvalue weighted by atomic mass is 10.1. The number of hydrogen-bond acceptors (Lipinski definition) is 3. The van der Waals surface area contributed by atoms with Crippen LogP contribution in [0.2, 0.25) is 0 Å². The van der Waals surface area contributed by atoms with E-state index in [9.17, 15) is 0 Å². The molecule has 0 heterocycles. The highest BCUT2D eigenvalue weighted by Gasteiger charge is 2.00. The second-order valence-corrected chi connectivity index (χ2v) is 2.45. The zero-order chi connectivity index (χ0) is 8.97. The molecule has 0 unspecified atom stereocenters. The molecule has 0 atom stereocenters. The molecule has 0 bridgehead atoms. The maximum Gasteiger partial charge on any atom is 0.106 e. The molecular formula is C9H13ClN2O. The Hall–Kier alpha value is -1.22. The predicted octanol–water partition coefficient (Wildman–Crippen LogP) is 2.06. The maximum absolute atomic E-state index is 5.72. The van der Waals surface area contributed by atoms with Crippen molar-refractivity contribution in [3.8, 4) is 0 Å². The van der Waals surface area contributed by atoms with Crippen LogP contribution in [0.3, 0.4) is 0 Å². The summed E-state index contributed by atoms with van der Waals surface area (Å²) in [7, 11) is 1.52. The van der Waals surface area contributed by atoms with Crippen molar-refractivity contribution in [1.82, 2.24) is 0 Å². The van der Waals surface area contributed by atoms with E-state index in [4.69, 9.17) is 5.73 Å². The van der Waals surface area contributed by atoms with E-state index in [1.165, 1.54) is 7.11 Å². The lowest BCUT2D eigenvalue weighted by molar-refractivity contribution is 0.213. The molecule has 1 rings (SSSR count). The van der Waals surface area contributed by atoms with Gasteiger partial charge < -0.3 is 10.6 Å². The monoisotopic (exact) mass is 200 g/mol. The number of rotatable bonds is 2. The highest BCUT2D eigenvalue weighted by atomic mass is 35.5. The number of oxime groups is 1. The third-order valence-corrected chi connectivity index (χ3v) is 1.58. The lowest BCUT2D eigenvalue weighted by Gasteiger charge is -2.02. The molecule has 1 aromatic carbocycles. The summed E-state index contributed by atoms with van der Waals surface area (Å²) < 4.78 is 0. The average molecular weight is 201 g/mol. The van der Waals surface area contributed by atoms with Crippen molar-refractivity contribution in [2.45, 2.75) is 6.92 Å². The van der Waals surface area contributed by atoms with Gasteiger partial charge in [-0.2, -0.15) is 0 Å². The minimum atomic E-state index is 0. The zero-order valence-corrected chi connectivity index (χ0v) is 8.47. The second-order valence-electron chi connectivity index (χ2n) is 2.45. The van der Waals surface area contributed by atoms with Crippen LogP contribution in [0.5, 0.6) is 0 Å².